The Morgan fingerprint density at radius 3 is 0.931 bits per heavy atom. The number of para-hydroxylation sites is 4. The molecule has 0 fully saturated rings. The summed E-state index contributed by atoms with van der Waals surface area (Å²) in [6.45, 7) is 9.45. The minimum absolute atomic E-state index is 0.203. The lowest BCUT2D eigenvalue weighted by atomic mass is 9.70. The molecule has 412 valence electrons. The van der Waals surface area contributed by atoms with E-state index >= 15 is 0 Å². The van der Waals surface area contributed by atoms with Crippen molar-refractivity contribution in [1.29, 1.82) is 0 Å². The summed E-state index contributed by atoms with van der Waals surface area (Å²) in [5, 5.41) is 0. The molecule has 0 saturated heterocycles. The van der Waals surface area contributed by atoms with Gasteiger partial charge in [0.2, 0.25) is 11.8 Å². The quantitative estimate of drug-likeness (QED) is 0.151. The van der Waals surface area contributed by atoms with Gasteiger partial charge in [0.15, 0.2) is 11.2 Å². The molecule has 12 aromatic carbocycles. The van der Waals surface area contributed by atoms with Crippen LogP contribution in [0.4, 0.5) is 34.1 Å². The summed E-state index contributed by atoms with van der Waals surface area (Å²) in [4.78, 5) is 14.7. The zero-order valence-corrected chi connectivity index (χ0v) is 48.5. The zero-order chi connectivity index (χ0) is 57.9. The van der Waals surface area contributed by atoms with Gasteiger partial charge in [0, 0.05) is 56.1 Å². The lowest BCUT2D eigenvalue weighted by molar-refractivity contribution is 0.619. The van der Waals surface area contributed by atoms with E-state index in [1.807, 2.05) is 48.5 Å². The van der Waals surface area contributed by atoms with Crippen molar-refractivity contribution in [3.05, 3.63) is 311 Å². The summed E-state index contributed by atoms with van der Waals surface area (Å²) in [6, 6.07) is 98.0. The highest BCUT2D eigenvalue weighted by Gasteiger charge is 2.52. The number of anilines is 6. The monoisotopic (exact) mass is 1120 g/mol. The van der Waals surface area contributed by atoms with Crippen LogP contribution in [-0.2, 0) is 16.2 Å². The second-order valence-corrected chi connectivity index (χ2v) is 24.8. The molecule has 0 amide bonds. The fourth-order valence-electron chi connectivity index (χ4n) is 15.4. The summed E-state index contributed by atoms with van der Waals surface area (Å²) in [5.74, 6) is 1.20. The molecule has 4 aliphatic carbocycles. The minimum atomic E-state index is -0.683. The molecular formula is C81H56N4O2. The molecule has 87 heavy (non-hydrogen) atoms. The number of fused-ring (bicyclic) bond motifs is 18. The molecule has 2 heterocycles. The minimum Gasteiger partial charge on any atom is -0.436 e. The lowest BCUT2D eigenvalue weighted by Crippen LogP contribution is -2.26. The number of aromatic nitrogens is 2. The van der Waals surface area contributed by atoms with Crippen molar-refractivity contribution in [3.63, 3.8) is 0 Å². The van der Waals surface area contributed by atoms with Crippen molar-refractivity contribution < 1.29 is 8.83 Å². The van der Waals surface area contributed by atoms with Gasteiger partial charge in [-0.2, -0.15) is 0 Å². The van der Waals surface area contributed by atoms with Crippen LogP contribution in [0.3, 0.4) is 0 Å². The first kappa shape index (κ1) is 49.6. The van der Waals surface area contributed by atoms with Gasteiger partial charge in [0.1, 0.15) is 11.0 Å². The number of hydrogen-bond donors (Lipinski definition) is 0. The van der Waals surface area contributed by atoms with Crippen LogP contribution in [0.5, 0.6) is 0 Å². The summed E-state index contributed by atoms with van der Waals surface area (Å²) >= 11 is 0. The van der Waals surface area contributed by atoms with Crippen molar-refractivity contribution in [2.75, 3.05) is 9.80 Å². The molecule has 6 heteroatoms. The number of rotatable bonds is 8. The van der Waals surface area contributed by atoms with Gasteiger partial charge < -0.3 is 18.6 Å². The third-order valence-electron chi connectivity index (χ3n) is 19.6. The molecule has 0 unspecified atom stereocenters. The predicted octanol–water partition coefficient (Wildman–Crippen LogP) is 21.2. The molecule has 14 aromatic rings. The molecule has 0 radical (unpaired) electrons. The molecule has 18 rings (SSSR count). The van der Waals surface area contributed by atoms with E-state index in [9.17, 15) is 0 Å². The molecule has 0 bridgehead atoms. The van der Waals surface area contributed by atoms with Crippen molar-refractivity contribution in [3.8, 4) is 67.4 Å². The Kier molecular flexibility index (Phi) is 10.3. The van der Waals surface area contributed by atoms with Gasteiger partial charge in [0.05, 0.1) is 5.41 Å². The Hall–Kier alpha value is -10.8. The molecule has 0 N–H and O–H groups in total. The number of nitrogens with zero attached hydrogens (tertiary/aromatic N) is 4. The highest BCUT2D eigenvalue weighted by Crippen LogP contribution is 2.65. The van der Waals surface area contributed by atoms with E-state index in [0.29, 0.717) is 11.8 Å². The maximum Gasteiger partial charge on any atom is 0.227 e. The topological polar surface area (TPSA) is 58.5 Å². The molecule has 0 atom stereocenters. The van der Waals surface area contributed by atoms with Gasteiger partial charge in [-0.15, -0.1) is 0 Å². The van der Waals surface area contributed by atoms with Crippen molar-refractivity contribution in [2.24, 2.45) is 0 Å². The normalized spacial score (nSPS) is 14.5. The Morgan fingerprint density at radius 1 is 0.264 bits per heavy atom. The molecule has 1 spiro atoms. The summed E-state index contributed by atoms with van der Waals surface area (Å²) in [5.41, 5.74) is 30.8. The Morgan fingerprint density at radius 2 is 0.552 bits per heavy atom. The number of benzene rings is 12. The number of hydrogen-bond acceptors (Lipinski definition) is 6. The van der Waals surface area contributed by atoms with Gasteiger partial charge in [0.25, 0.3) is 0 Å². The van der Waals surface area contributed by atoms with Crippen LogP contribution in [-0.4, -0.2) is 9.97 Å². The van der Waals surface area contributed by atoms with E-state index in [2.05, 4.69) is 256 Å². The lowest BCUT2D eigenvalue weighted by Gasteiger charge is -2.33. The van der Waals surface area contributed by atoms with Crippen LogP contribution in [0.15, 0.2) is 276 Å². The molecule has 0 saturated carbocycles. The molecular weight excluding hydrogens is 1060 g/mol. The first-order valence-electron chi connectivity index (χ1n) is 30.1. The highest BCUT2D eigenvalue weighted by molar-refractivity contribution is 5.99. The highest BCUT2D eigenvalue weighted by atomic mass is 16.4. The van der Waals surface area contributed by atoms with Crippen molar-refractivity contribution >= 4 is 56.3 Å². The Labute approximate surface area is 505 Å². The van der Waals surface area contributed by atoms with Gasteiger partial charge >= 0.3 is 0 Å². The second-order valence-electron chi connectivity index (χ2n) is 24.8. The smallest absolute Gasteiger partial charge is 0.227 e. The molecule has 2 aromatic heterocycles. The van der Waals surface area contributed by atoms with Crippen LogP contribution < -0.4 is 9.80 Å². The largest absolute Gasteiger partial charge is 0.436 e. The van der Waals surface area contributed by atoms with Crippen molar-refractivity contribution in [2.45, 2.75) is 43.9 Å². The van der Waals surface area contributed by atoms with Crippen LogP contribution >= 0.6 is 0 Å². The third-order valence-corrected chi connectivity index (χ3v) is 19.6. The first-order valence-corrected chi connectivity index (χ1v) is 30.1. The standard InChI is InChI=1S/C81H56N4O2/c1-79(2)65-21-9-5-17-57(65)61-41-37-53(45-69(61)79)84(51-33-29-49(30-34-51)77-82-73-25-13-15-27-75(73)86-77)55-39-43-63-64-44-40-56(48-72(64)81(71(63)47-55)67-23-11-7-19-59(67)60-20-8-12-24-68(60)81)85(52-35-31-50(32-36-52)78-83-74-26-14-16-28-76(74)87-78)54-38-42-62-58-18-6-10-22-66(58)80(3,4)70(62)46-54/h5-48H,1-4H3. The van der Waals surface area contributed by atoms with E-state index in [1.54, 1.807) is 0 Å². The van der Waals surface area contributed by atoms with Crippen LogP contribution in [0.1, 0.15) is 72.2 Å². The van der Waals surface area contributed by atoms with E-state index in [0.717, 1.165) is 67.5 Å². The fourth-order valence-corrected chi connectivity index (χ4v) is 15.4. The van der Waals surface area contributed by atoms with E-state index in [-0.39, 0.29) is 10.8 Å². The molecule has 0 aliphatic heterocycles. The Balaban J connectivity index is 0.835. The average Bonchev–Trinajstić information content (AvgIpc) is 1.53. The van der Waals surface area contributed by atoms with Gasteiger partial charge in [-0.3, -0.25) is 0 Å². The summed E-state index contributed by atoms with van der Waals surface area (Å²) in [6.07, 6.45) is 0. The van der Waals surface area contributed by atoms with Crippen LogP contribution in [0.2, 0.25) is 0 Å². The average molecular weight is 1120 g/mol. The summed E-state index contributed by atoms with van der Waals surface area (Å²) in [7, 11) is 0. The van der Waals surface area contributed by atoms with Crippen LogP contribution in [0.25, 0.3) is 89.6 Å². The molecule has 6 nitrogen and oxygen atoms in total. The summed E-state index contributed by atoms with van der Waals surface area (Å²) < 4.78 is 12.7. The van der Waals surface area contributed by atoms with Gasteiger partial charge in [-0.1, -0.05) is 173 Å². The Bertz CT molecular complexity index is 4810. The first-order chi connectivity index (χ1) is 42.6. The second kappa shape index (κ2) is 18.1. The fraction of sp³-hybridized carbons (Fsp3) is 0.0864. The van der Waals surface area contributed by atoms with Gasteiger partial charge in [-0.05, 0) is 210 Å². The zero-order valence-electron chi connectivity index (χ0n) is 48.5. The third kappa shape index (κ3) is 7.04. The van der Waals surface area contributed by atoms with E-state index in [1.165, 1.54) is 89.0 Å². The molecule has 4 aliphatic rings. The van der Waals surface area contributed by atoms with Crippen LogP contribution in [0, 0.1) is 0 Å². The van der Waals surface area contributed by atoms with E-state index < -0.39 is 5.41 Å². The SMILES string of the molecule is CC1(C)c2ccccc2-c2ccc(N(c3ccc(-c4nc5ccccc5o4)cc3)c3ccc4c(c3)C3(c5ccccc5-c5ccccc53)c3cc(N(c5ccc(-c6nc7ccccc7o6)cc5)c5ccc6c(c5)C(C)(C)c5ccccc5-6)ccc3-4)cc21. The maximum atomic E-state index is 6.33. The van der Waals surface area contributed by atoms with Crippen molar-refractivity contribution in [1.82, 2.24) is 9.97 Å². The maximum absolute atomic E-state index is 6.33. The van der Waals surface area contributed by atoms with Gasteiger partial charge in [-0.25, -0.2) is 9.97 Å². The number of oxazole rings is 2. The van der Waals surface area contributed by atoms with E-state index in [4.69, 9.17) is 18.8 Å². The predicted molar refractivity (Wildman–Crippen MR) is 353 cm³/mol.